The summed E-state index contributed by atoms with van der Waals surface area (Å²) in [6.45, 7) is 0. The number of alkyl halides is 3. The van der Waals surface area contributed by atoms with Crippen LogP contribution in [0.3, 0.4) is 0 Å². The fourth-order valence-corrected chi connectivity index (χ4v) is 1.65. The lowest BCUT2D eigenvalue weighted by atomic mass is 10.1. The molecule has 0 spiro atoms. The number of hydrogen-bond acceptors (Lipinski definition) is 4. The Morgan fingerprint density at radius 3 is 2.60 bits per heavy atom. The molecule has 2 rings (SSSR count). The molecule has 0 aliphatic heterocycles. The van der Waals surface area contributed by atoms with Crippen molar-refractivity contribution in [1.82, 2.24) is 9.97 Å². The largest absolute Gasteiger partial charge is 0.417 e. The monoisotopic (exact) mass is 298 g/mol. The third-order valence-electron chi connectivity index (χ3n) is 2.34. The van der Waals surface area contributed by atoms with Crippen LogP contribution < -0.4 is 5.32 Å². The Morgan fingerprint density at radius 1 is 1.25 bits per heavy atom. The van der Waals surface area contributed by atoms with Gasteiger partial charge < -0.3 is 5.32 Å². The number of nitriles is 1. The molecule has 1 aromatic carbocycles. The molecule has 20 heavy (non-hydrogen) atoms. The van der Waals surface area contributed by atoms with E-state index < -0.39 is 17.3 Å². The first kappa shape index (κ1) is 14.1. The number of nitrogens with one attached hydrogen (secondary N) is 1. The summed E-state index contributed by atoms with van der Waals surface area (Å²) in [7, 11) is 0. The highest BCUT2D eigenvalue weighted by Crippen LogP contribution is 2.34. The second-order valence-corrected chi connectivity index (χ2v) is 4.04. The van der Waals surface area contributed by atoms with Crippen molar-refractivity contribution in [3.63, 3.8) is 0 Å². The predicted octanol–water partition coefficient (Wildman–Crippen LogP) is 3.76. The van der Waals surface area contributed by atoms with Crippen LogP contribution in [0.1, 0.15) is 11.1 Å². The minimum absolute atomic E-state index is 0.0281. The lowest BCUT2D eigenvalue weighted by Gasteiger charge is -2.11. The molecule has 0 fully saturated rings. The molecule has 0 aliphatic rings. The Morgan fingerprint density at radius 2 is 2.00 bits per heavy atom. The summed E-state index contributed by atoms with van der Waals surface area (Å²) in [6.07, 6.45) is -3.24. The number of nitrogens with zero attached hydrogens (tertiary/aromatic N) is 3. The van der Waals surface area contributed by atoms with Gasteiger partial charge in [0.1, 0.15) is 5.82 Å². The molecule has 0 unspecified atom stereocenters. The van der Waals surface area contributed by atoms with E-state index in [0.29, 0.717) is 0 Å². The summed E-state index contributed by atoms with van der Waals surface area (Å²) >= 11 is 5.58. The molecule has 0 bridgehead atoms. The Labute approximate surface area is 116 Å². The van der Waals surface area contributed by atoms with Crippen molar-refractivity contribution in [1.29, 1.82) is 5.26 Å². The van der Waals surface area contributed by atoms with E-state index in [0.717, 1.165) is 12.1 Å². The predicted molar refractivity (Wildman–Crippen MR) is 66.5 cm³/mol. The van der Waals surface area contributed by atoms with Gasteiger partial charge in [0.2, 0.25) is 5.28 Å². The second kappa shape index (κ2) is 5.35. The zero-order chi connectivity index (χ0) is 14.8. The average molecular weight is 299 g/mol. The Bertz CT molecular complexity index is 679. The van der Waals surface area contributed by atoms with E-state index in [9.17, 15) is 13.2 Å². The average Bonchev–Trinajstić information content (AvgIpc) is 2.37. The molecule has 0 radical (unpaired) electrons. The van der Waals surface area contributed by atoms with Crippen LogP contribution in [0.2, 0.25) is 5.28 Å². The lowest BCUT2D eigenvalue weighted by Crippen LogP contribution is -2.08. The molecule has 0 aliphatic carbocycles. The molecule has 0 atom stereocenters. The van der Waals surface area contributed by atoms with E-state index in [1.807, 2.05) is 0 Å². The van der Waals surface area contributed by atoms with Crippen molar-refractivity contribution < 1.29 is 13.2 Å². The van der Waals surface area contributed by atoms with Gasteiger partial charge in [-0.2, -0.15) is 18.4 Å². The van der Waals surface area contributed by atoms with Gasteiger partial charge in [-0.1, -0.05) is 0 Å². The van der Waals surface area contributed by atoms with Gasteiger partial charge in [0.15, 0.2) is 0 Å². The first-order valence-electron chi connectivity index (χ1n) is 5.27. The molecule has 1 aromatic heterocycles. The molecule has 1 heterocycles. The second-order valence-electron chi connectivity index (χ2n) is 3.71. The topological polar surface area (TPSA) is 61.6 Å². The van der Waals surface area contributed by atoms with Gasteiger partial charge in [-0.05, 0) is 35.9 Å². The van der Waals surface area contributed by atoms with Crippen LogP contribution >= 0.6 is 11.6 Å². The van der Waals surface area contributed by atoms with E-state index >= 15 is 0 Å². The van der Waals surface area contributed by atoms with E-state index in [2.05, 4.69) is 15.3 Å². The molecule has 0 saturated heterocycles. The van der Waals surface area contributed by atoms with Gasteiger partial charge in [0.05, 0.1) is 17.2 Å². The molecule has 0 amide bonds. The summed E-state index contributed by atoms with van der Waals surface area (Å²) < 4.78 is 38.4. The Balaban J connectivity index is 2.37. The van der Waals surface area contributed by atoms with E-state index in [-0.39, 0.29) is 16.8 Å². The SMILES string of the molecule is N#Cc1ccc(Nc2ccnc(Cl)n2)cc1C(F)(F)F. The lowest BCUT2D eigenvalue weighted by molar-refractivity contribution is -0.137. The quantitative estimate of drug-likeness (QED) is 0.857. The number of anilines is 2. The molecule has 1 N–H and O–H groups in total. The maximum absolute atomic E-state index is 12.8. The smallest absolute Gasteiger partial charge is 0.340 e. The summed E-state index contributed by atoms with van der Waals surface area (Å²) in [5, 5.41) is 11.3. The van der Waals surface area contributed by atoms with E-state index in [1.54, 1.807) is 0 Å². The molecular formula is C12H6ClF3N4. The fourth-order valence-electron chi connectivity index (χ4n) is 1.51. The van der Waals surface area contributed by atoms with Crippen molar-refractivity contribution in [2.45, 2.75) is 6.18 Å². The molecule has 4 nitrogen and oxygen atoms in total. The van der Waals surface area contributed by atoms with Crippen molar-refractivity contribution in [2.24, 2.45) is 0 Å². The standard InChI is InChI=1S/C12H6ClF3N4/c13-11-18-4-3-10(20-11)19-8-2-1-7(6-17)9(5-8)12(14,15)16/h1-5H,(H,18,19,20). The summed E-state index contributed by atoms with van der Waals surface area (Å²) in [6, 6.07) is 6.25. The van der Waals surface area contributed by atoms with E-state index in [1.165, 1.54) is 24.4 Å². The van der Waals surface area contributed by atoms with Crippen molar-refractivity contribution in [3.8, 4) is 6.07 Å². The summed E-state index contributed by atoms with van der Waals surface area (Å²) in [5.74, 6) is 0.253. The maximum atomic E-state index is 12.8. The zero-order valence-electron chi connectivity index (χ0n) is 9.74. The van der Waals surface area contributed by atoms with Crippen LogP contribution in [-0.4, -0.2) is 9.97 Å². The Hall–Kier alpha value is -2.33. The number of rotatable bonds is 2. The van der Waals surface area contributed by atoms with Crippen LogP contribution in [0, 0.1) is 11.3 Å². The molecule has 102 valence electrons. The van der Waals surface area contributed by atoms with Gasteiger partial charge >= 0.3 is 6.18 Å². The molecule has 2 aromatic rings. The van der Waals surface area contributed by atoms with Crippen molar-refractivity contribution >= 4 is 23.1 Å². The van der Waals surface area contributed by atoms with Crippen LogP contribution in [0.25, 0.3) is 0 Å². The first-order valence-corrected chi connectivity index (χ1v) is 5.65. The van der Waals surface area contributed by atoms with Gasteiger partial charge in [-0.15, -0.1) is 0 Å². The number of aromatic nitrogens is 2. The minimum atomic E-state index is -4.61. The normalized spacial score (nSPS) is 10.9. The molecule has 0 saturated carbocycles. The van der Waals surface area contributed by atoms with Gasteiger partial charge in [0.25, 0.3) is 0 Å². The van der Waals surface area contributed by atoms with Crippen LogP contribution in [0.4, 0.5) is 24.7 Å². The molecule has 8 heteroatoms. The third kappa shape index (κ3) is 3.16. The Kier molecular flexibility index (Phi) is 3.77. The van der Waals surface area contributed by atoms with Crippen LogP contribution in [-0.2, 0) is 6.18 Å². The number of halogens is 4. The first-order chi connectivity index (χ1) is 9.40. The van der Waals surface area contributed by atoms with Gasteiger partial charge in [-0.3, -0.25) is 0 Å². The highest BCUT2D eigenvalue weighted by Gasteiger charge is 2.33. The summed E-state index contributed by atoms with van der Waals surface area (Å²) in [5.41, 5.74) is -1.31. The highest BCUT2D eigenvalue weighted by atomic mass is 35.5. The number of benzene rings is 1. The van der Waals surface area contributed by atoms with Crippen LogP contribution in [0.15, 0.2) is 30.5 Å². The van der Waals surface area contributed by atoms with Gasteiger partial charge in [-0.25, -0.2) is 9.97 Å². The number of hydrogen-bond donors (Lipinski definition) is 1. The van der Waals surface area contributed by atoms with Crippen molar-refractivity contribution in [3.05, 3.63) is 46.9 Å². The third-order valence-corrected chi connectivity index (χ3v) is 2.53. The van der Waals surface area contributed by atoms with Crippen LogP contribution in [0.5, 0.6) is 0 Å². The van der Waals surface area contributed by atoms with E-state index in [4.69, 9.17) is 16.9 Å². The maximum Gasteiger partial charge on any atom is 0.417 e. The van der Waals surface area contributed by atoms with Crippen molar-refractivity contribution in [2.75, 3.05) is 5.32 Å². The van der Waals surface area contributed by atoms with Gasteiger partial charge in [0, 0.05) is 11.9 Å². The summed E-state index contributed by atoms with van der Waals surface area (Å²) in [4.78, 5) is 7.46. The minimum Gasteiger partial charge on any atom is -0.340 e. The fraction of sp³-hybridized carbons (Fsp3) is 0.0833. The zero-order valence-corrected chi connectivity index (χ0v) is 10.5. The highest BCUT2D eigenvalue weighted by molar-refractivity contribution is 6.28. The molecular weight excluding hydrogens is 293 g/mol.